The molecule has 0 saturated carbocycles. The summed E-state index contributed by atoms with van der Waals surface area (Å²) >= 11 is 10.2. The van der Waals surface area contributed by atoms with Gasteiger partial charge in [0.05, 0.1) is 50.6 Å². The van der Waals surface area contributed by atoms with E-state index in [-0.39, 0.29) is 30.9 Å². The molecule has 10 rings (SSSR count). The van der Waals surface area contributed by atoms with Gasteiger partial charge in [-0.05, 0) is 96.4 Å². The molecule has 15 nitrogen and oxygen atoms in total. The van der Waals surface area contributed by atoms with Gasteiger partial charge in [0.1, 0.15) is 30.4 Å². The van der Waals surface area contributed by atoms with Crippen LogP contribution in [0.15, 0.2) is 96.8 Å². The first kappa shape index (κ1) is 59.6. The molecule has 2 aliphatic heterocycles. The second-order valence-corrected chi connectivity index (χ2v) is 21.3. The van der Waals surface area contributed by atoms with Gasteiger partial charge >= 0.3 is 25.7 Å². The summed E-state index contributed by atoms with van der Waals surface area (Å²) in [4.78, 5) is 46.9. The minimum Gasteiger partial charge on any atom is -0.753 e. The van der Waals surface area contributed by atoms with E-state index in [0.717, 1.165) is 87.5 Å². The molecule has 0 fully saturated rings. The molecule has 0 unspecified atom stereocenters. The van der Waals surface area contributed by atoms with Gasteiger partial charge in [-0.1, -0.05) is 38.4 Å². The molecule has 0 radical (unpaired) electrons. The molecule has 8 aromatic rings. The molecule has 0 bridgehead atoms. The average Bonchev–Trinajstić information content (AvgIpc) is 4.45. The van der Waals surface area contributed by atoms with Crippen LogP contribution < -0.4 is 28.4 Å². The molecule has 0 atom stereocenters. The molecule has 0 spiro atoms. The number of alkyl halides is 3. The number of carbonyl (C=O) groups excluding carboxylic acids is 2. The number of unbranched alkanes of at least 4 members (excludes halogenated alkanes) is 3. The Kier molecular flexibility index (Phi) is 21.3. The van der Waals surface area contributed by atoms with Crippen molar-refractivity contribution in [2.24, 2.45) is 0 Å². The number of fused-ring (bicyclic) bond motifs is 2. The average molecular weight is 1250 g/mol. The summed E-state index contributed by atoms with van der Waals surface area (Å²) in [5, 5.41) is 17.5. The number of rotatable bonds is 17. The van der Waals surface area contributed by atoms with Crippen molar-refractivity contribution in [3.8, 4) is 97.7 Å². The van der Waals surface area contributed by atoms with Gasteiger partial charge < -0.3 is 39.6 Å². The normalized spacial score (nSPS) is 12.5. The molecule has 24 heteroatoms. The number of carbonyl (C=O) groups is 2. The standard InChI is InChI=1S/C35H25N3O8S3.C19H21F3N3S.CNS.Ru/c1-19-29-30(42-10-2-9-41-29)34(47-19)35-32-31(43-11-12-44-32)33(49-35)28-4-3-27(48-28)20-5-7-36-23(13-20)25-15-22(46-18-40)16-26(38-25)24-14-21(45-17-39)6-8-37-24;1-2-3-4-5-6-13-8-10-26-18(13)14-7-9-25-16(11-14)15(23)12-17(24)19(20,21)22;2-1-3;/h3-8,13-18H,2,9-12H2,1H3;7-12,23-24H,2-6H2,1H3;;/q;2*-1;+2/b;15-12-,24-17?;;. The van der Waals surface area contributed by atoms with Crippen LogP contribution in [-0.2, 0) is 35.5 Å². The molecular formula is C55H46F3N7O8RuS5. The predicted molar refractivity (Wildman–Crippen MR) is 303 cm³/mol. The van der Waals surface area contributed by atoms with Crippen LogP contribution in [0.5, 0.6) is 34.5 Å². The second kappa shape index (κ2) is 28.2. The van der Waals surface area contributed by atoms with Gasteiger partial charge in [-0.25, -0.2) is 4.98 Å². The predicted octanol–water partition coefficient (Wildman–Crippen LogP) is 15.3. The van der Waals surface area contributed by atoms with Crippen molar-refractivity contribution in [1.29, 1.82) is 5.41 Å². The van der Waals surface area contributed by atoms with Crippen molar-refractivity contribution in [2.75, 3.05) is 26.4 Å². The molecule has 0 aromatic carbocycles. The maximum atomic E-state index is 12.5. The quantitative estimate of drug-likeness (QED) is 0.0296. The minimum absolute atomic E-state index is 0. The number of allylic oxidation sites excluding steroid dienone is 1. The third kappa shape index (κ3) is 14.8. The van der Waals surface area contributed by atoms with Crippen LogP contribution >= 0.6 is 57.6 Å². The van der Waals surface area contributed by atoms with Gasteiger partial charge in [0, 0.05) is 68.4 Å². The largest absolute Gasteiger partial charge is 2.00 e. The molecular weight excluding hydrogens is 1210 g/mol. The smallest absolute Gasteiger partial charge is 0.753 e. The Labute approximate surface area is 486 Å². The van der Waals surface area contributed by atoms with Gasteiger partial charge in [0.15, 0.2) is 23.0 Å². The number of hydrogen-bond donors (Lipinski definition) is 1. The molecule has 408 valence electrons. The van der Waals surface area contributed by atoms with Crippen molar-refractivity contribution in [3.05, 3.63) is 124 Å². The second-order valence-electron chi connectivity index (χ2n) is 16.9. The molecule has 0 amide bonds. The molecule has 2 aliphatic rings. The zero-order chi connectivity index (χ0) is 55.2. The number of isothiocyanates is 1. The third-order valence-corrected chi connectivity index (χ3v) is 16.3. The first-order chi connectivity index (χ1) is 37.8. The van der Waals surface area contributed by atoms with E-state index in [9.17, 15) is 22.8 Å². The van der Waals surface area contributed by atoms with Crippen LogP contribution in [-0.4, -0.2) is 76.4 Å². The van der Waals surface area contributed by atoms with Gasteiger partial charge in [-0.2, -0.15) is 18.3 Å². The number of nitrogens with zero attached hydrogens (tertiary/aromatic N) is 5. The number of ether oxygens (including phenoxy) is 6. The zero-order valence-electron chi connectivity index (χ0n) is 42.0. The summed E-state index contributed by atoms with van der Waals surface area (Å²) in [6, 6.07) is 19.8. The first-order valence-electron chi connectivity index (χ1n) is 24.0. The van der Waals surface area contributed by atoms with Crippen molar-refractivity contribution in [3.63, 3.8) is 0 Å². The van der Waals surface area contributed by atoms with Crippen LogP contribution in [0.4, 0.5) is 13.2 Å². The summed E-state index contributed by atoms with van der Waals surface area (Å²) in [5.41, 5.74) is 10.8. The maximum Gasteiger partial charge on any atom is 2.00 e. The number of aryl methyl sites for hydroxylation is 2. The zero-order valence-corrected chi connectivity index (χ0v) is 47.8. The van der Waals surface area contributed by atoms with E-state index >= 15 is 0 Å². The Morgan fingerprint density at radius 3 is 2.04 bits per heavy atom. The summed E-state index contributed by atoms with van der Waals surface area (Å²) in [6.45, 7) is 7.07. The van der Waals surface area contributed by atoms with Crippen molar-refractivity contribution >= 4 is 87.1 Å². The van der Waals surface area contributed by atoms with Crippen LogP contribution in [0.3, 0.4) is 0 Å². The number of halogens is 3. The number of pyridine rings is 4. The summed E-state index contributed by atoms with van der Waals surface area (Å²) in [7, 11) is 0. The molecule has 10 heterocycles. The fourth-order valence-electron chi connectivity index (χ4n) is 8.08. The number of thiocarbonyl (C=S) groups is 1. The van der Waals surface area contributed by atoms with E-state index in [1.165, 1.54) is 42.4 Å². The number of thiophene rings is 4. The van der Waals surface area contributed by atoms with Crippen molar-refractivity contribution < 1.29 is 70.7 Å². The minimum atomic E-state index is -4.76. The van der Waals surface area contributed by atoms with Gasteiger partial charge in [0.2, 0.25) is 0 Å². The third-order valence-electron chi connectivity index (χ3n) is 11.6. The van der Waals surface area contributed by atoms with Gasteiger partial charge in [0.25, 0.3) is 12.9 Å². The van der Waals surface area contributed by atoms with Crippen molar-refractivity contribution in [2.45, 2.75) is 58.5 Å². The Bertz CT molecular complexity index is 3500. The Hall–Kier alpha value is -7.04. The van der Waals surface area contributed by atoms with E-state index in [2.05, 4.69) is 59.2 Å². The molecule has 79 heavy (non-hydrogen) atoms. The van der Waals surface area contributed by atoms with Gasteiger partial charge in [-0.3, -0.25) is 30.0 Å². The Balaban J connectivity index is 0.000000255. The summed E-state index contributed by atoms with van der Waals surface area (Å²) < 4.78 is 72.3. The topological polar surface area (TPSA) is 211 Å². The van der Waals surface area contributed by atoms with E-state index in [4.69, 9.17) is 50.0 Å². The maximum absolute atomic E-state index is 12.5. The number of nitrogens with one attached hydrogen (secondary N) is 2. The Morgan fingerprint density at radius 1 is 0.734 bits per heavy atom. The van der Waals surface area contributed by atoms with Crippen molar-refractivity contribution in [1.82, 2.24) is 19.9 Å². The van der Waals surface area contributed by atoms with E-state index in [0.29, 0.717) is 74.0 Å². The Morgan fingerprint density at radius 2 is 1.33 bits per heavy atom. The summed E-state index contributed by atoms with van der Waals surface area (Å²) in [5.74, 6) is 3.63. The van der Waals surface area contributed by atoms with Crippen LogP contribution in [0, 0.1) is 12.3 Å². The number of hydrogen-bond acceptors (Lipinski definition) is 18. The first-order valence-corrected chi connectivity index (χ1v) is 27.8. The summed E-state index contributed by atoms with van der Waals surface area (Å²) in [6.07, 6.45) is 6.88. The van der Waals surface area contributed by atoms with Crippen LogP contribution in [0.1, 0.15) is 55.2 Å². The van der Waals surface area contributed by atoms with E-state index in [1.54, 1.807) is 87.9 Å². The fourth-order valence-corrected chi connectivity index (χ4v) is 12.5. The molecule has 0 saturated heterocycles. The van der Waals surface area contributed by atoms with E-state index in [1.807, 2.05) is 17.5 Å². The number of aromatic nitrogens is 4. The molecule has 8 aromatic heterocycles. The fraction of sp³-hybridized carbons (Fsp3) is 0.236. The monoisotopic (exact) mass is 1250 g/mol. The van der Waals surface area contributed by atoms with E-state index < -0.39 is 17.6 Å². The van der Waals surface area contributed by atoms with Crippen LogP contribution in [0.2, 0.25) is 0 Å². The molecule has 0 aliphatic carbocycles. The SMILES string of the molecule is CCCCCCc1ccsc1-c1ccnc(/C([NH-])=C/C(=N)C(F)(F)F)c1.Cc1sc(-c2sc(-c3ccc(-c4ccnc(-c5cc(OC=O)cc(-c6cc(OC=O)ccn6)n5)c4)s3)c3c2OCCO3)c2c1OCCCO2.[N-]=C=S.[Ru+2]. The van der Waals surface area contributed by atoms with Gasteiger partial charge in [-0.15, -0.1) is 51.0 Å². The molecule has 2 N–H and O–H groups in total. The van der Waals surface area contributed by atoms with Crippen LogP contribution in [0.25, 0.3) is 80.0 Å².